The zero-order chi connectivity index (χ0) is 49.4. The van der Waals surface area contributed by atoms with Crippen LogP contribution in [0.2, 0.25) is 0 Å². The number of hydrogen-bond donors (Lipinski definition) is 1. The molecule has 1 N–H and O–H groups in total. The Morgan fingerprint density at radius 1 is 0.537 bits per heavy atom. The van der Waals surface area contributed by atoms with Crippen molar-refractivity contribution in [1.29, 1.82) is 0 Å². The molecule has 0 aromatic carbocycles. The van der Waals surface area contributed by atoms with Crippen LogP contribution in [0.4, 0.5) is 0 Å². The number of nitrogens with zero attached hydrogens (tertiary/aromatic N) is 1. The Labute approximate surface area is 412 Å². The number of carbonyl (C=O) groups is 2. The number of phosphoric acid groups is 1. The number of quaternary nitrogens is 1. The SMILES string of the molecule is CC/C=C/C=C/C=C\CCCCCCCC(=O)NC(COP(=O)([O-])OCC[N+](C)(C)C)C(/C=C/CCCCCCCCCCCCC)OC(=O)CCCCCCCCC/C=C/C=C/C=C/CC. The quantitative estimate of drug-likeness (QED) is 0.0161. The molecule has 0 aliphatic heterocycles. The maximum atomic E-state index is 13.4. The van der Waals surface area contributed by atoms with E-state index in [1.165, 1.54) is 77.0 Å². The Bertz CT molecular complexity index is 1430. The first kappa shape index (κ1) is 64.2. The van der Waals surface area contributed by atoms with Gasteiger partial charge in [-0.2, -0.15) is 0 Å². The summed E-state index contributed by atoms with van der Waals surface area (Å²) >= 11 is 0. The number of ether oxygens (including phenoxy) is 1. The van der Waals surface area contributed by atoms with E-state index in [4.69, 9.17) is 13.8 Å². The van der Waals surface area contributed by atoms with Crippen molar-refractivity contribution in [2.75, 3.05) is 40.9 Å². The summed E-state index contributed by atoms with van der Waals surface area (Å²) in [6, 6.07) is -0.906. The summed E-state index contributed by atoms with van der Waals surface area (Å²) in [5.41, 5.74) is 0. The normalized spacial score (nSPS) is 14.6. The van der Waals surface area contributed by atoms with Gasteiger partial charge in [-0.05, 0) is 70.3 Å². The van der Waals surface area contributed by atoms with Gasteiger partial charge >= 0.3 is 5.97 Å². The highest BCUT2D eigenvalue weighted by Crippen LogP contribution is 2.38. The average Bonchev–Trinajstić information content (AvgIpc) is 3.28. The second kappa shape index (κ2) is 46.9. The number of rotatable bonds is 47. The van der Waals surface area contributed by atoms with Gasteiger partial charge < -0.3 is 28.5 Å². The molecule has 0 bridgehead atoms. The molecule has 0 aliphatic carbocycles. The summed E-state index contributed by atoms with van der Waals surface area (Å²) in [6.45, 7) is 6.53. The van der Waals surface area contributed by atoms with Crippen molar-refractivity contribution in [2.24, 2.45) is 0 Å². The van der Waals surface area contributed by atoms with Crippen molar-refractivity contribution >= 4 is 19.7 Å². The summed E-state index contributed by atoms with van der Waals surface area (Å²) in [6.07, 6.45) is 59.7. The van der Waals surface area contributed by atoms with Crippen LogP contribution < -0.4 is 10.2 Å². The van der Waals surface area contributed by atoms with Crippen LogP contribution in [0.1, 0.15) is 213 Å². The number of allylic oxidation sites excluding steroid dienone is 13. The van der Waals surface area contributed by atoms with E-state index in [0.29, 0.717) is 23.9 Å². The molecule has 1 amide bonds. The molecular formula is C57H101N2O7P. The fourth-order valence-electron chi connectivity index (χ4n) is 7.28. The molecule has 0 aromatic heterocycles. The first-order valence-corrected chi connectivity index (χ1v) is 28.4. The van der Waals surface area contributed by atoms with E-state index >= 15 is 0 Å². The maximum absolute atomic E-state index is 13.4. The number of unbranched alkanes of at least 4 members (excludes halogenated alkanes) is 23. The molecule has 0 rings (SSSR count). The van der Waals surface area contributed by atoms with E-state index in [0.717, 1.165) is 89.9 Å². The second-order valence-electron chi connectivity index (χ2n) is 19.1. The van der Waals surface area contributed by atoms with Gasteiger partial charge in [-0.15, -0.1) is 0 Å². The highest BCUT2D eigenvalue weighted by molar-refractivity contribution is 7.45. The van der Waals surface area contributed by atoms with Crippen LogP contribution in [0.5, 0.6) is 0 Å². The monoisotopic (exact) mass is 957 g/mol. The van der Waals surface area contributed by atoms with Crippen molar-refractivity contribution in [2.45, 2.75) is 226 Å². The van der Waals surface area contributed by atoms with Gasteiger partial charge in [0.1, 0.15) is 19.3 Å². The van der Waals surface area contributed by atoms with E-state index < -0.39 is 26.6 Å². The van der Waals surface area contributed by atoms with Gasteiger partial charge in [0.15, 0.2) is 0 Å². The molecule has 9 nitrogen and oxygen atoms in total. The van der Waals surface area contributed by atoms with E-state index in [-0.39, 0.29) is 31.3 Å². The zero-order valence-corrected chi connectivity index (χ0v) is 44.7. The topological polar surface area (TPSA) is 114 Å². The Hall–Kier alpha value is -2.81. The molecule has 0 aliphatic rings. The number of carbonyl (C=O) groups excluding carboxylic acids is 2. The fraction of sp³-hybridized carbons (Fsp3) is 0.719. The lowest BCUT2D eigenvalue weighted by Crippen LogP contribution is -2.47. The van der Waals surface area contributed by atoms with Gasteiger partial charge in [-0.25, -0.2) is 0 Å². The lowest BCUT2D eigenvalue weighted by atomic mass is 10.0. The number of esters is 1. The van der Waals surface area contributed by atoms with Crippen LogP contribution in [0, 0.1) is 0 Å². The molecule has 0 heterocycles. The van der Waals surface area contributed by atoms with Gasteiger partial charge in [0.25, 0.3) is 7.82 Å². The minimum absolute atomic E-state index is 0.0326. The Morgan fingerprint density at radius 2 is 0.955 bits per heavy atom. The number of nitrogens with one attached hydrogen (secondary N) is 1. The van der Waals surface area contributed by atoms with Gasteiger partial charge in [0.05, 0.1) is 33.8 Å². The standard InChI is InChI=1S/C57H101N2O7P/c1-7-10-13-16-19-22-25-28-29-32-35-38-41-44-47-50-57(61)66-55(48-45-42-39-36-33-30-26-23-20-17-14-11-8-2)54(53-65-67(62,63)64-52-51-59(4,5)6)58-56(60)49-46-43-40-37-34-31-27-24-21-18-15-12-9-3/h10,12-13,15-16,18-19,21-22,24-25,27,45,48,54-55H,7-9,11,14,17,20,23,26,28-44,46-47,49-53H2,1-6H3,(H-,58,60,62,63)/b13-10+,15-12+,19-16+,21-18+,25-22+,27-24-,48-45+. The van der Waals surface area contributed by atoms with Crippen LogP contribution >= 0.6 is 7.82 Å². The van der Waals surface area contributed by atoms with Gasteiger partial charge in [0, 0.05) is 12.8 Å². The molecule has 67 heavy (non-hydrogen) atoms. The third-order valence-electron chi connectivity index (χ3n) is 11.4. The third kappa shape index (κ3) is 48.0. The Balaban J connectivity index is 5.47. The maximum Gasteiger partial charge on any atom is 0.306 e. The van der Waals surface area contributed by atoms with Crippen LogP contribution in [0.3, 0.4) is 0 Å². The summed E-state index contributed by atoms with van der Waals surface area (Å²) in [7, 11) is 1.15. The van der Waals surface area contributed by atoms with Crippen molar-refractivity contribution in [3.63, 3.8) is 0 Å². The number of hydrogen-bond acceptors (Lipinski definition) is 7. The Kier molecular flexibility index (Phi) is 44.9. The molecule has 0 spiro atoms. The van der Waals surface area contributed by atoms with Crippen LogP contribution in [0.25, 0.3) is 0 Å². The van der Waals surface area contributed by atoms with Crippen molar-refractivity contribution in [3.05, 3.63) is 85.1 Å². The molecule has 3 atom stereocenters. The van der Waals surface area contributed by atoms with Gasteiger partial charge in [0.2, 0.25) is 5.91 Å². The third-order valence-corrected chi connectivity index (χ3v) is 12.4. The lowest BCUT2D eigenvalue weighted by Gasteiger charge is -2.30. The molecule has 386 valence electrons. The molecule has 0 saturated heterocycles. The second-order valence-corrected chi connectivity index (χ2v) is 20.5. The van der Waals surface area contributed by atoms with Gasteiger partial charge in [-0.3, -0.25) is 14.2 Å². The predicted octanol–water partition coefficient (Wildman–Crippen LogP) is 15.2. The van der Waals surface area contributed by atoms with E-state index in [2.05, 4.69) is 92.9 Å². The lowest BCUT2D eigenvalue weighted by molar-refractivity contribution is -0.870. The minimum atomic E-state index is -4.70. The molecule has 0 fully saturated rings. The van der Waals surface area contributed by atoms with Crippen LogP contribution in [-0.4, -0.2) is 69.4 Å². The molecule has 0 aromatic rings. The zero-order valence-electron chi connectivity index (χ0n) is 43.8. The number of amides is 1. The summed E-state index contributed by atoms with van der Waals surface area (Å²) in [4.78, 5) is 39.7. The summed E-state index contributed by atoms with van der Waals surface area (Å²) in [5.74, 6) is -0.585. The number of phosphoric ester groups is 1. The fourth-order valence-corrected chi connectivity index (χ4v) is 8.01. The smallest absolute Gasteiger partial charge is 0.306 e. The van der Waals surface area contributed by atoms with E-state index in [9.17, 15) is 19.0 Å². The molecule has 10 heteroatoms. The highest BCUT2D eigenvalue weighted by atomic mass is 31.2. The molecule has 0 saturated carbocycles. The van der Waals surface area contributed by atoms with Crippen molar-refractivity contribution in [1.82, 2.24) is 5.32 Å². The van der Waals surface area contributed by atoms with Crippen LogP contribution in [-0.2, 0) is 27.9 Å². The van der Waals surface area contributed by atoms with Gasteiger partial charge in [-0.1, -0.05) is 215 Å². The van der Waals surface area contributed by atoms with Crippen molar-refractivity contribution in [3.8, 4) is 0 Å². The first-order valence-electron chi connectivity index (χ1n) is 27.0. The minimum Gasteiger partial charge on any atom is -0.756 e. The highest BCUT2D eigenvalue weighted by Gasteiger charge is 2.27. The molecular weight excluding hydrogens is 856 g/mol. The first-order chi connectivity index (χ1) is 32.4. The summed E-state index contributed by atoms with van der Waals surface area (Å²) < 4.78 is 30.1. The average molecular weight is 957 g/mol. The Morgan fingerprint density at radius 3 is 1.42 bits per heavy atom. The number of likely N-dealkylation sites (N-methyl/N-ethyl adjacent to an activating group) is 1. The van der Waals surface area contributed by atoms with E-state index in [1.807, 2.05) is 39.4 Å². The molecule has 3 unspecified atom stereocenters. The largest absolute Gasteiger partial charge is 0.756 e. The predicted molar refractivity (Wildman–Crippen MR) is 284 cm³/mol. The van der Waals surface area contributed by atoms with Crippen molar-refractivity contribution < 1.29 is 37.3 Å². The summed E-state index contributed by atoms with van der Waals surface area (Å²) in [5, 5.41) is 3.00. The van der Waals surface area contributed by atoms with E-state index in [1.54, 1.807) is 0 Å². The molecule has 0 radical (unpaired) electrons. The van der Waals surface area contributed by atoms with Crippen LogP contribution in [0.15, 0.2) is 85.1 Å².